The SMILES string of the molecule is CC(=O)SCC#Cc1cnc(C#N)nc1. The maximum atomic E-state index is 10.6. The van der Waals surface area contributed by atoms with Crippen molar-refractivity contribution in [3.63, 3.8) is 0 Å². The monoisotopic (exact) mass is 217 g/mol. The van der Waals surface area contributed by atoms with Crippen LogP contribution in [0.25, 0.3) is 0 Å². The van der Waals surface area contributed by atoms with Crippen molar-refractivity contribution < 1.29 is 4.79 Å². The minimum atomic E-state index is 0.0420. The molecule has 0 amide bonds. The molecule has 15 heavy (non-hydrogen) atoms. The summed E-state index contributed by atoms with van der Waals surface area (Å²) in [5.41, 5.74) is 0.637. The van der Waals surface area contributed by atoms with Gasteiger partial charge in [0.2, 0.25) is 5.82 Å². The summed E-state index contributed by atoms with van der Waals surface area (Å²) < 4.78 is 0. The zero-order chi connectivity index (χ0) is 11.1. The van der Waals surface area contributed by atoms with Crippen LogP contribution < -0.4 is 0 Å². The molecule has 0 bridgehead atoms. The number of aromatic nitrogens is 2. The molecule has 1 rings (SSSR count). The lowest BCUT2D eigenvalue weighted by Gasteiger charge is -1.88. The smallest absolute Gasteiger partial charge is 0.232 e. The molecule has 74 valence electrons. The molecule has 0 saturated carbocycles. The highest BCUT2D eigenvalue weighted by molar-refractivity contribution is 8.13. The second kappa shape index (κ2) is 5.79. The number of carbonyl (C=O) groups is 1. The van der Waals surface area contributed by atoms with Crippen molar-refractivity contribution in [1.82, 2.24) is 9.97 Å². The molecule has 0 aliphatic heterocycles. The van der Waals surface area contributed by atoms with Gasteiger partial charge in [0.05, 0.1) is 11.3 Å². The van der Waals surface area contributed by atoms with Crippen molar-refractivity contribution >= 4 is 16.9 Å². The Bertz CT molecular complexity index is 450. The van der Waals surface area contributed by atoms with E-state index in [0.717, 1.165) is 11.8 Å². The number of rotatable bonds is 1. The van der Waals surface area contributed by atoms with E-state index in [1.54, 1.807) is 0 Å². The van der Waals surface area contributed by atoms with Gasteiger partial charge in [0.15, 0.2) is 5.12 Å². The van der Waals surface area contributed by atoms with Crippen molar-refractivity contribution in [3.05, 3.63) is 23.8 Å². The summed E-state index contributed by atoms with van der Waals surface area (Å²) in [6, 6.07) is 1.82. The van der Waals surface area contributed by atoms with E-state index < -0.39 is 0 Å². The third kappa shape index (κ3) is 4.26. The Morgan fingerprint density at radius 3 is 2.73 bits per heavy atom. The molecule has 1 aromatic rings. The quantitative estimate of drug-likeness (QED) is 0.656. The van der Waals surface area contributed by atoms with Gasteiger partial charge in [-0.3, -0.25) is 4.79 Å². The molecular weight excluding hydrogens is 210 g/mol. The lowest BCUT2D eigenvalue weighted by atomic mass is 10.3. The predicted octanol–water partition coefficient (Wildman–Crippen LogP) is 0.979. The number of thioether (sulfide) groups is 1. The third-order valence-electron chi connectivity index (χ3n) is 1.33. The van der Waals surface area contributed by atoms with Crippen molar-refractivity contribution in [1.29, 1.82) is 5.26 Å². The topological polar surface area (TPSA) is 66.6 Å². The fourth-order valence-corrected chi connectivity index (χ4v) is 1.07. The standard InChI is InChI=1S/C10H7N3OS/c1-8(14)15-4-2-3-9-6-12-10(5-11)13-7-9/h6-7H,4H2,1H3. The Balaban J connectivity index is 2.57. The molecule has 0 unspecified atom stereocenters. The summed E-state index contributed by atoms with van der Waals surface area (Å²) in [5, 5.41) is 8.49. The molecular formula is C10H7N3OS. The normalized spacial score (nSPS) is 8.53. The van der Waals surface area contributed by atoms with Crippen LogP contribution in [-0.2, 0) is 4.79 Å². The largest absolute Gasteiger partial charge is 0.288 e. The van der Waals surface area contributed by atoms with Crippen LogP contribution in [-0.4, -0.2) is 20.8 Å². The van der Waals surface area contributed by atoms with E-state index in [1.165, 1.54) is 19.3 Å². The number of hydrogen-bond donors (Lipinski definition) is 0. The average Bonchev–Trinajstić information content (AvgIpc) is 2.25. The molecule has 0 radical (unpaired) electrons. The Hall–Kier alpha value is -1.85. The Morgan fingerprint density at radius 1 is 1.53 bits per heavy atom. The Kier molecular flexibility index (Phi) is 4.33. The second-order valence-electron chi connectivity index (χ2n) is 2.49. The summed E-state index contributed by atoms with van der Waals surface area (Å²) in [6.45, 7) is 1.50. The molecule has 0 N–H and O–H groups in total. The van der Waals surface area contributed by atoms with Crippen molar-refractivity contribution in [2.75, 3.05) is 5.75 Å². The van der Waals surface area contributed by atoms with Crippen molar-refractivity contribution in [3.8, 4) is 17.9 Å². The molecule has 0 aliphatic rings. The molecule has 4 nitrogen and oxygen atoms in total. The van der Waals surface area contributed by atoms with Crippen LogP contribution in [0.5, 0.6) is 0 Å². The van der Waals surface area contributed by atoms with Gasteiger partial charge in [-0.25, -0.2) is 9.97 Å². The van der Waals surface area contributed by atoms with E-state index in [0.29, 0.717) is 11.3 Å². The number of carbonyl (C=O) groups excluding carboxylic acids is 1. The van der Waals surface area contributed by atoms with E-state index in [1.807, 2.05) is 6.07 Å². The Labute approximate surface area is 91.7 Å². The summed E-state index contributed by atoms with van der Waals surface area (Å²) in [6.07, 6.45) is 2.97. The fraction of sp³-hybridized carbons (Fsp3) is 0.200. The van der Waals surface area contributed by atoms with Gasteiger partial charge in [-0.05, 0) is 0 Å². The maximum Gasteiger partial charge on any atom is 0.232 e. The van der Waals surface area contributed by atoms with Gasteiger partial charge in [0.1, 0.15) is 6.07 Å². The first-order chi connectivity index (χ1) is 7.22. The average molecular weight is 217 g/mol. The van der Waals surface area contributed by atoms with Crippen LogP contribution in [0.2, 0.25) is 0 Å². The molecule has 1 heterocycles. The van der Waals surface area contributed by atoms with E-state index in [4.69, 9.17) is 5.26 Å². The zero-order valence-corrected chi connectivity index (χ0v) is 8.84. The molecule has 1 aromatic heterocycles. The molecule has 0 aromatic carbocycles. The number of nitriles is 1. The van der Waals surface area contributed by atoms with Crippen LogP contribution in [0, 0.1) is 23.2 Å². The lowest BCUT2D eigenvalue weighted by molar-refractivity contribution is -0.109. The summed E-state index contributed by atoms with van der Waals surface area (Å²) in [4.78, 5) is 18.1. The lowest BCUT2D eigenvalue weighted by Crippen LogP contribution is -1.88. The first-order valence-corrected chi connectivity index (χ1v) is 5.05. The summed E-state index contributed by atoms with van der Waals surface area (Å²) in [7, 11) is 0. The third-order valence-corrected chi connectivity index (χ3v) is 2.03. The van der Waals surface area contributed by atoms with Crippen molar-refractivity contribution in [2.24, 2.45) is 0 Å². The van der Waals surface area contributed by atoms with Crippen molar-refractivity contribution in [2.45, 2.75) is 6.92 Å². The molecule has 0 saturated heterocycles. The van der Waals surface area contributed by atoms with Gasteiger partial charge in [0, 0.05) is 19.3 Å². The highest BCUT2D eigenvalue weighted by atomic mass is 32.2. The van der Waals surface area contributed by atoms with Gasteiger partial charge < -0.3 is 0 Å². The fourth-order valence-electron chi connectivity index (χ4n) is 0.726. The van der Waals surface area contributed by atoms with E-state index in [-0.39, 0.29) is 10.9 Å². The highest BCUT2D eigenvalue weighted by Crippen LogP contribution is 1.99. The van der Waals surface area contributed by atoms with Crippen LogP contribution in [0.1, 0.15) is 18.3 Å². The van der Waals surface area contributed by atoms with Gasteiger partial charge in [-0.1, -0.05) is 23.6 Å². The molecule has 0 aliphatic carbocycles. The van der Waals surface area contributed by atoms with E-state index in [9.17, 15) is 4.79 Å². The molecule has 0 atom stereocenters. The summed E-state index contributed by atoms with van der Waals surface area (Å²) in [5.74, 6) is 6.17. The van der Waals surface area contributed by atoms with Crippen LogP contribution in [0.15, 0.2) is 12.4 Å². The molecule has 0 fully saturated rings. The van der Waals surface area contributed by atoms with Gasteiger partial charge in [-0.2, -0.15) is 5.26 Å². The van der Waals surface area contributed by atoms with Gasteiger partial charge >= 0.3 is 0 Å². The molecule has 5 heteroatoms. The maximum absolute atomic E-state index is 10.6. The molecule has 0 spiro atoms. The minimum Gasteiger partial charge on any atom is -0.288 e. The van der Waals surface area contributed by atoms with Crippen LogP contribution in [0.3, 0.4) is 0 Å². The second-order valence-corrected chi connectivity index (χ2v) is 3.64. The Morgan fingerprint density at radius 2 is 2.20 bits per heavy atom. The highest BCUT2D eigenvalue weighted by Gasteiger charge is 1.92. The zero-order valence-electron chi connectivity index (χ0n) is 8.02. The van der Waals surface area contributed by atoms with Gasteiger partial charge in [-0.15, -0.1) is 0 Å². The first kappa shape index (κ1) is 11.2. The minimum absolute atomic E-state index is 0.0420. The van der Waals surface area contributed by atoms with Gasteiger partial charge in [0.25, 0.3) is 0 Å². The van der Waals surface area contributed by atoms with Crippen LogP contribution in [0.4, 0.5) is 0 Å². The number of hydrogen-bond acceptors (Lipinski definition) is 5. The first-order valence-electron chi connectivity index (χ1n) is 4.07. The van der Waals surface area contributed by atoms with E-state index in [2.05, 4.69) is 21.8 Å². The number of nitrogens with zero attached hydrogens (tertiary/aromatic N) is 3. The predicted molar refractivity (Wildman–Crippen MR) is 56.8 cm³/mol. The van der Waals surface area contributed by atoms with E-state index >= 15 is 0 Å². The van der Waals surface area contributed by atoms with Crippen LogP contribution >= 0.6 is 11.8 Å². The summed E-state index contributed by atoms with van der Waals surface area (Å²) >= 11 is 1.15.